The van der Waals surface area contributed by atoms with Crippen molar-refractivity contribution in [1.29, 1.82) is 0 Å². The topological polar surface area (TPSA) is 49.4 Å². The van der Waals surface area contributed by atoms with Crippen LogP contribution in [0.3, 0.4) is 0 Å². The van der Waals surface area contributed by atoms with E-state index in [-0.39, 0.29) is 18.2 Å². The second-order valence-electron chi connectivity index (χ2n) is 6.17. The van der Waals surface area contributed by atoms with Crippen molar-refractivity contribution >= 4 is 17.5 Å². The minimum Gasteiger partial charge on any atom is -0.352 e. The molecule has 0 radical (unpaired) electrons. The molecule has 3 aromatic rings. The van der Waals surface area contributed by atoms with Gasteiger partial charge in [-0.15, -0.1) is 0 Å². The number of hydrogen-bond acceptors (Lipinski definition) is 2. The van der Waals surface area contributed by atoms with Gasteiger partial charge < -0.3 is 10.2 Å². The molecule has 0 aliphatic heterocycles. The van der Waals surface area contributed by atoms with E-state index in [9.17, 15) is 9.59 Å². The third kappa shape index (κ3) is 5.28. The predicted octanol–water partition coefficient (Wildman–Crippen LogP) is 4.04. The summed E-state index contributed by atoms with van der Waals surface area (Å²) in [5, 5.41) is 2.81. The zero-order chi connectivity index (χ0) is 18.9. The molecule has 0 aliphatic rings. The first-order chi connectivity index (χ1) is 13.2. The van der Waals surface area contributed by atoms with Gasteiger partial charge in [0.2, 0.25) is 5.91 Å². The van der Waals surface area contributed by atoms with Gasteiger partial charge in [-0.1, -0.05) is 66.7 Å². The quantitative estimate of drug-likeness (QED) is 0.693. The van der Waals surface area contributed by atoms with E-state index in [4.69, 9.17) is 0 Å². The molecule has 0 aromatic heterocycles. The number of benzene rings is 3. The summed E-state index contributed by atoms with van der Waals surface area (Å²) in [6.45, 7) is 0.793. The number of anilines is 1. The van der Waals surface area contributed by atoms with Crippen molar-refractivity contribution in [3.63, 3.8) is 0 Å². The van der Waals surface area contributed by atoms with E-state index in [1.54, 1.807) is 17.0 Å². The van der Waals surface area contributed by atoms with Gasteiger partial charge in [-0.3, -0.25) is 9.59 Å². The normalized spacial score (nSPS) is 10.2. The Hall–Kier alpha value is -3.40. The minimum atomic E-state index is -0.169. The fourth-order valence-corrected chi connectivity index (χ4v) is 2.81. The number of amides is 2. The summed E-state index contributed by atoms with van der Waals surface area (Å²) in [6, 6.07) is 28.5. The van der Waals surface area contributed by atoms with Crippen molar-refractivity contribution in [1.82, 2.24) is 5.32 Å². The lowest BCUT2D eigenvalue weighted by Crippen LogP contribution is -2.34. The van der Waals surface area contributed by atoms with Gasteiger partial charge in [-0.2, -0.15) is 0 Å². The first-order valence-electron chi connectivity index (χ1n) is 8.96. The maximum absolute atomic E-state index is 12.8. The van der Waals surface area contributed by atoms with Crippen LogP contribution in [0.15, 0.2) is 91.0 Å². The molecule has 0 saturated carbocycles. The molecule has 27 heavy (non-hydrogen) atoms. The van der Waals surface area contributed by atoms with Gasteiger partial charge in [0.15, 0.2) is 0 Å². The number of carbonyl (C=O) groups is 2. The van der Waals surface area contributed by atoms with Crippen molar-refractivity contribution in [3.05, 3.63) is 102 Å². The van der Waals surface area contributed by atoms with E-state index >= 15 is 0 Å². The van der Waals surface area contributed by atoms with Gasteiger partial charge >= 0.3 is 0 Å². The fraction of sp³-hybridized carbons (Fsp3) is 0.130. The minimum absolute atomic E-state index is 0.0292. The van der Waals surface area contributed by atoms with Crippen molar-refractivity contribution in [2.24, 2.45) is 0 Å². The molecule has 136 valence electrons. The average molecular weight is 358 g/mol. The first kappa shape index (κ1) is 18.4. The Morgan fingerprint density at radius 2 is 1.30 bits per heavy atom. The SMILES string of the molecule is O=C(NCCC(=O)N(Cc1ccccc1)c1ccccc1)c1ccccc1. The summed E-state index contributed by atoms with van der Waals surface area (Å²) >= 11 is 0. The highest BCUT2D eigenvalue weighted by atomic mass is 16.2. The number of nitrogens with one attached hydrogen (secondary N) is 1. The fourth-order valence-electron chi connectivity index (χ4n) is 2.81. The maximum Gasteiger partial charge on any atom is 0.251 e. The molecule has 1 N–H and O–H groups in total. The molecule has 2 amide bonds. The molecule has 0 atom stereocenters. The lowest BCUT2D eigenvalue weighted by atomic mass is 10.1. The van der Waals surface area contributed by atoms with Crippen LogP contribution in [-0.2, 0) is 11.3 Å². The van der Waals surface area contributed by atoms with E-state index in [0.29, 0.717) is 18.7 Å². The highest BCUT2D eigenvalue weighted by molar-refractivity contribution is 5.96. The predicted molar refractivity (Wildman–Crippen MR) is 107 cm³/mol. The summed E-state index contributed by atoms with van der Waals surface area (Å²) in [4.78, 5) is 26.7. The lowest BCUT2D eigenvalue weighted by molar-refractivity contribution is -0.118. The molecule has 3 rings (SSSR count). The third-order valence-corrected chi connectivity index (χ3v) is 4.21. The molecule has 3 aromatic carbocycles. The van der Waals surface area contributed by atoms with E-state index in [1.165, 1.54) is 0 Å². The van der Waals surface area contributed by atoms with E-state index in [1.807, 2.05) is 78.9 Å². The molecule has 0 saturated heterocycles. The Bertz CT molecular complexity index is 865. The maximum atomic E-state index is 12.8. The van der Waals surface area contributed by atoms with Crippen LogP contribution in [0.4, 0.5) is 5.69 Å². The van der Waals surface area contributed by atoms with E-state index in [2.05, 4.69) is 5.32 Å². The van der Waals surface area contributed by atoms with Crippen LogP contribution in [0.25, 0.3) is 0 Å². The van der Waals surface area contributed by atoms with E-state index in [0.717, 1.165) is 11.3 Å². The van der Waals surface area contributed by atoms with Crippen molar-refractivity contribution in [2.75, 3.05) is 11.4 Å². The van der Waals surface area contributed by atoms with Gasteiger partial charge in [0.05, 0.1) is 6.54 Å². The molecule has 0 fully saturated rings. The van der Waals surface area contributed by atoms with Gasteiger partial charge in [0.1, 0.15) is 0 Å². The Labute approximate surface area is 159 Å². The molecule has 0 spiro atoms. The summed E-state index contributed by atoms with van der Waals surface area (Å²) < 4.78 is 0. The number of para-hydroxylation sites is 1. The zero-order valence-electron chi connectivity index (χ0n) is 15.0. The van der Waals surface area contributed by atoms with Crippen LogP contribution in [0.1, 0.15) is 22.3 Å². The lowest BCUT2D eigenvalue weighted by Gasteiger charge is -2.23. The Balaban J connectivity index is 1.63. The molecule has 0 bridgehead atoms. The van der Waals surface area contributed by atoms with Crippen LogP contribution in [0, 0.1) is 0 Å². The first-order valence-corrected chi connectivity index (χ1v) is 8.96. The molecular formula is C23H22N2O2. The Morgan fingerprint density at radius 3 is 1.93 bits per heavy atom. The van der Waals surface area contributed by atoms with Crippen LogP contribution < -0.4 is 10.2 Å². The Kier molecular flexibility index (Phi) is 6.36. The zero-order valence-corrected chi connectivity index (χ0v) is 15.0. The highest BCUT2D eigenvalue weighted by Gasteiger charge is 2.16. The van der Waals surface area contributed by atoms with Crippen LogP contribution in [0.5, 0.6) is 0 Å². The van der Waals surface area contributed by atoms with Crippen LogP contribution in [-0.4, -0.2) is 18.4 Å². The monoisotopic (exact) mass is 358 g/mol. The Morgan fingerprint density at radius 1 is 0.741 bits per heavy atom. The number of carbonyl (C=O) groups excluding carboxylic acids is 2. The summed E-state index contributed by atoms with van der Waals surface area (Å²) in [5.74, 6) is -0.198. The average Bonchev–Trinajstić information content (AvgIpc) is 2.74. The van der Waals surface area contributed by atoms with Crippen molar-refractivity contribution in [2.45, 2.75) is 13.0 Å². The second kappa shape index (κ2) is 9.34. The van der Waals surface area contributed by atoms with Gasteiger partial charge in [0.25, 0.3) is 5.91 Å². The third-order valence-electron chi connectivity index (χ3n) is 4.21. The van der Waals surface area contributed by atoms with Crippen LogP contribution in [0.2, 0.25) is 0 Å². The summed E-state index contributed by atoms with van der Waals surface area (Å²) in [7, 11) is 0. The van der Waals surface area contributed by atoms with Gasteiger partial charge in [-0.25, -0.2) is 0 Å². The molecule has 0 unspecified atom stereocenters. The highest BCUT2D eigenvalue weighted by Crippen LogP contribution is 2.18. The second-order valence-corrected chi connectivity index (χ2v) is 6.17. The van der Waals surface area contributed by atoms with Crippen LogP contribution >= 0.6 is 0 Å². The largest absolute Gasteiger partial charge is 0.352 e. The summed E-state index contributed by atoms with van der Waals surface area (Å²) in [5.41, 5.74) is 2.50. The van der Waals surface area contributed by atoms with Crippen molar-refractivity contribution < 1.29 is 9.59 Å². The number of rotatable bonds is 7. The van der Waals surface area contributed by atoms with Gasteiger partial charge in [0, 0.05) is 24.2 Å². The molecule has 0 heterocycles. The van der Waals surface area contributed by atoms with Crippen molar-refractivity contribution in [3.8, 4) is 0 Å². The molecular weight excluding hydrogens is 336 g/mol. The summed E-state index contributed by atoms with van der Waals surface area (Å²) in [6.07, 6.45) is 0.236. The van der Waals surface area contributed by atoms with E-state index < -0.39 is 0 Å². The smallest absolute Gasteiger partial charge is 0.251 e. The number of hydrogen-bond donors (Lipinski definition) is 1. The van der Waals surface area contributed by atoms with Gasteiger partial charge in [-0.05, 0) is 29.8 Å². The number of nitrogens with zero attached hydrogens (tertiary/aromatic N) is 1. The molecule has 4 heteroatoms. The standard InChI is InChI=1S/C23H22N2O2/c26-22(16-17-24-23(27)20-12-6-2-7-13-20)25(21-14-8-3-9-15-21)18-19-10-4-1-5-11-19/h1-15H,16-18H2,(H,24,27). The molecule has 0 aliphatic carbocycles. The molecule has 4 nitrogen and oxygen atoms in total.